The normalized spacial score (nSPS) is 10.7. The van der Waals surface area contributed by atoms with E-state index in [0.29, 0.717) is 17.7 Å². The maximum atomic E-state index is 12.3. The molecule has 2 rings (SSSR count). The van der Waals surface area contributed by atoms with Crippen molar-refractivity contribution < 1.29 is 14.7 Å². The third-order valence-electron chi connectivity index (χ3n) is 2.75. The van der Waals surface area contributed by atoms with Crippen molar-refractivity contribution in [2.24, 2.45) is 0 Å². The third-order valence-corrected chi connectivity index (χ3v) is 2.75. The van der Waals surface area contributed by atoms with Gasteiger partial charge in [0.15, 0.2) is 0 Å². The van der Waals surface area contributed by atoms with Crippen LogP contribution >= 0.6 is 0 Å². The minimum Gasteiger partial charge on any atom is -0.478 e. The first-order valence-electron chi connectivity index (χ1n) is 6.15. The second kappa shape index (κ2) is 6.47. The minimum absolute atomic E-state index is 0.200. The van der Waals surface area contributed by atoms with Crippen LogP contribution in [0.15, 0.2) is 36.9 Å². The van der Waals surface area contributed by atoms with Gasteiger partial charge in [0, 0.05) is 43.8 Å². The number of aliphatic carboxylic acids is 1. The first-order chi connectivity index (χ1) is 10.1. The number of carbonyl (C=O) groups is 2. The summed E-state index contributed by atoms with van der Waals surface area (Å²) in [6, 6.07) is 1.60. The molecule has 2 aromatic heterocycles. The number of aromatic nitrogens is 3. The lowest BCUT2D eigenvalue weighted by Gasteiger charge is -2.16. The smallest absolute Gasteiger partial charge is 0.328 e. The number of hydrogen-bond donors (Lipinski definition) is 2. The highest BCUT2D eigenvalue weighted by Crippen LogP contribution is 2.09. The number of aromatic amines is 1. The van der Waals surface area contributed by atoms with Crippen LogP contribution in [0, 0.1) is 0 Å². The van der Waals surface area contributed by atoms with Gasteiger partial charge in [-0.25, -0.2) is 4.79 Å². The summed E-state index contributed by atoms with van der Waals surface area (Å²) in [7, 11) is 1.68. The molecule has 0 bridgehead atoms. The minimum atomic E-state index is -1.05. The molecule has 1 amide bonds. The Morgan fingerprint density at radius 3 is 2.86 bits per heavy atom. The molecular formula is C14H14N4O3. The molecule has 0 saturated heterocycles. The lowest BCUT2D eigenvalue weighted by atomic mass is 10.1. The number of H-pyrrole nitrogens is 1. The zero-order valence-corrected chi connectivity index (χ0v) is 11.4. The summed E-state index contributed by atoms with van der Waals surface area (Å²) in [5.41, 5.74) is 1.84. The molecule has 0 saturated carbocycles. The van der Waals surface area contributed by atoms with Crippen molar-refractivity contribution in [3.05, 3.63) is 53.6 Å². The molecule has 0 fully saturated rings. The maximum Gasteiger partial charge on any atom is 0.328 e. The van der Waals surface area contributed by atoms with E-state index in [0.717, 1.165) is 11.6 Å². The van der Waals surface area contributed by atoms with Gasteiger partial charge < -0.3 is 10.0 Å². The molecular weight excluding hydrogens is 272 g/mol. The Hall–Kier alpha value is -2.96. The average molecular weight is 286 g/mol. The van der Waals surface area contributed by atoms with Gasteiger partial charge >= 0.3 is 5.97 Å². The zero-order chi connectivity index (χ0) is 15.2. The van der Waals surface area contributed by atoms with Crippen LogP contribution in [0.1, 0.15) is 21.5 Å². The van der Waals surface area contributed by atoms with Gasteiger partial charge in [0.1, 0.15) is 0 Å². The van der Waals surface area contributed by atoms with Gasteiger partial charge in [-0.15, -0.1) is 0 Å². The number of nitrogens with zero attached hydrogens (tertiary/aromatic N) is 3. The molecule has 108 valence electrons. The summed E-state index contributed by atoms with van der Waals surface area (Å²) >= 11 is 0. The second-order valence-electron chi connectivity index (χ2n) is 4.45. The Bertz CT molecular complexity index is 665. The van der Waals surface area contributed by atoms with E-state index in [1.807, 2.05) is 0 Å². The van der Waals surface area contributed by atoms with Gasteiger partial charge in [-0.2, -0.15) is 5.10 Å². The number of nitrogens with one attached hydrogen (secondary N) is 1. The number of carbonyl (C=O) groups excluding carboxylic acids is 1. The highest BCUT2D eigenvalue weighted by molar-refractivity contribution is 5.94. The topological polar surface area (TPSA) is 99.2 Å². The molecule has 2 N–H and O–H groups in total. The van der Waals surface area contributed by atoms with E-state index in [1.165, 1.54) is 23.4 Å². The zero-order valence-electron chi connectivity index (χ0n) is 11.4. The van der Waals surface area contributed by atoms with Crippen molar-refractivity contribution in [2.75, 3.05) is 7.05 Å². The number of carboxylic acids is 1. The Morgan fingerprint density at radius 1 is 1.38 bits per heavy atom. The van der Waals surface area contributed by atoms with Crippen LogP contribution in [0.4, 0.5) is 0 Å². The summed E-state index contributed by atoms with van der Waals surface area (Å²) < 4.78 is 0. The van der Waals surface area contributed by atoms with E-state index in [4.69, 9.17) is 5.11 Å². The van der Waals surface area contributed by atoms with E-state index >= 15 is 0 Å². The summed E-state index contributed by atoms with van der Waals surface area (Å²) in [6.07, 6.45) is 8.70. The Balaban J connectivity index is 2.11. The number of rotatable bonds is 5. The lowest BCUT2D eigenvalue weighted by molar-refractivity contribution is -0.131. The molecule has 0 aliphatic carbocycles. The Kier molecular flexibility index (Phi) is 4.45. The fourth-order valence-corrected chi connectivity index (χ4v) is 1.76. The summed E-state index contributed by atoms with van der Waals surface area (Å²) in [6.45, 7) is 0.421. The molecule has 2 aromatic rings. The molecule has 21 heavy (non-hydrogen) atoms. The van der Waals surface area contributed by atoms with Crippen LogP contribution in [0.25, 0.3) is 6.08 Å². The number of pyridine rings is 1. The summed E-state index contributed by atoms with van der Waals surface area (Å²) in [4.78, 5) is 28.2. The van der Waals surface area contributed by atoms with Gasteiger partial charge in [-0.1, -0.05) is 0 Å². The van der Waals surface area contributed by atoms with Crippen molar-refractivity contribution in [3.8, 4) is 0 Å². The van der Waals surface area contributed by atoms with Crippen molar-refractivity contribution >= 4 is 18.0 Å². The largest absolute Gasteiger partial charge is 0.478 e. The van der Waals surface area contributed by atoms with Crippen molar-refractivity contribution in [2.45, 2.75) is 6.54 Å². The molecule has 2 heterocycles. The predicted molar refractivity (Wildman–Crippen MR) is 75.3 cm³/mol. The molecule has 0 atom stereocenters. The van der Waals surface area contributed by atoms with Gasteiger partial charge in [-0.05, 0) is 17.7 Å². The predicted octanol–water partition coefficient (Wildman–Crippen LogP) is 1.17. The van der Waals surface area contributed by atoms with E-state index in [2.05, 4.69) is 15.2 Å². The highest BCUT2D eigenvalue weighted by atomic mass is 16.4. The first-order valence-corrected chi connectivity index (χ1v) is 6.15. The van der Waals surface area contributed by atoms with Crippen LogP contribution < -0.4 is 0 Å². The number of carboxylic acid groups (broad SMARTS) is 1. The quantitative estimate of drug-likeness (QED) is 0.804. The number of amides is 1. The van der Waals surface area contributed by atoms with E-state index < -0.39 is 5.97 Å². The van der Waals surface area contributed by atoms with Crippen LogP contribution in [0.5, 0.6) is 0 Å². The summed E-state index contributed by atoms with van der Waals surface area (Å²) in [5, 5.41) is 15.1. The monoisotopic (exact) mass is 286 g/mol. The van der Waals surface area contributed by atoms with Crippen LogP contribution in [-0.2, 0) is 11.3 Å². The van der Waals surface area contributed by atoms with Crippen LogP contribution in [0.3, 0.4) is 0 Å². The van der Waals surface area contributed by atoms with E-state index in [9.17, 15) is 9.59 Å². The highest BCUT2D eigenvalue weighted by Gasteiger charge is 2.13. The molecule has 0 aliphatic heterocycles. The van der Waals surface area contributed by atoms with Gasteiger partial charge in [0.25, 0.3) is 5.91 Å². The fraction of sp³-hybridized carbons (Fsp3) is 0.143. The van der Waals surface area contributed by atoms with Crippen LogP contribution in [-0.4, -0.2) is 44.1 Å². The van der Waals surface area contributed by atoms with E-state index in [-0.39, 0.29) is 5.91 Å². The maximum absolute atomic E-state index is 12.3. The van der Waals surface area contributed by atoms with Crippen molar-refractivity contribution in [3.63, 3.8) is 0 Å². The van der Waals surface area contributed by atoms with Crippen LogP contribution in [0.2, 0.25) is 0 Å². The summed E-state index contributed by atoms with van der Waals surface area (Å²) in [5.74, 6) is -1.25. The Morgan fingerprint density at radius 2 is 2.19 bits per heavy atom. The average Bonchev–Trinajstić information content (AvgIpc) is 2.97. The molecule has 0 radical (unpaired) electrons. The first kappa shape index (κ1) is 14.4. The van der Waals surface area contributed by atoms with Crippen molar-refractivity contribution in [1.29, 1.82) is 0 Å². The lowest BCUT2D eigenvalue weighted by Crippen LogP contribution is -2.26. The van der Waals surface area contributed by atoms with Gasteiger partial charge in [0.2, 0.25) is 0 Å². The molecule has 0 aliphatic rings. The van der Waals surface area contributed by atoms with Gasteiger partial charge in [0.05, 0.1) is 11.8 Å². The van der Waals surface area contributed by atoms with Crippen molar-refractivity contribution in [1.82, 2.24) is 20.1 Å². The second-order valence-corrected chi connectivity index (χ2v) is 4.45. The molecule has 0 unspecified atom stereocenters. The molecule has 0 aromatic carbocycles. The van der Waals surface area contributed by atoms with Gasteiger partial charge in [-0.3, -0.25) is 14.9 Å². The molecule has 7 nitrogen and oxygen atoms in total. The van der Waals surface area contributed by atoms with E-state index in [1.54, 1.807) is 25.5 Å². The number of hydrogen-bond acceptors (Lipinski definition) is 4. The third kappa shape index (κ3) is 4.00. The Labute approximate surface area is 120 Å². The fourth-order valence-electron chi connectivity index (χ4n) is 1.76. The standard InChI is InChI=1S/C14H14N4O3/c1-18(9-11-6-16-17-7-11)14(21)12-4-10(5-15-8-12)2-3-13(19)20/h2-8H,9H2,1H3,(H,16,17)(H,19,20). The molecule has 7 heteroatoms. The SMILES string of the molecule is CN(Cc1cn[nH]c1)C(=O)c1cncc(C=CC(=O)O)c1. The molecule has 0 spiro atoms.